The largest absolute Gasteiger partial charge is 0.418 e. The van der Waals surface area contributed by atoms with Gasteiger partial charge in [0.15, 0.2) is 5.82 Å². The van der Waals surface area contributed by atoms with Crippen molar-refractivity contribution in [3.05, 3.63) is 65.6 Å². The number of halogens is 3. The molecule has 2 aromatic carbocycles. The lowest BCUT2D eigenvalue weighted by Crippen LogP contribution is -2.06. The van der Waals surface area contributed by atoms with E-state index in [4.69, 9.17) is 0 Å². The summed E-state index contributed by atoms with van der Waals surface area (Å²) in [4.78, 5) is 22.3. The van der Waals surface area contributed by atoms with Gasteiger partial charge in [0.25, 0.3) is 0 Å². The maximum absolute atomic E-state index is 13.1. The van der Waals surface area contributed by atoms with Crippen LogP contribution in [0.5, 0.6) is 0 Å². The molecule has 0 aliphatic carbocycles. The first kappa shape index (κ1) is 14.5. The van der Waals surface area contributed by atoms with Crippen molar-refractivity contribution in [2.75, 3.05) is 0 Å². The van der Waals surface area contributed by atoms with Gasteiger partial charge in [-0.1, -0.05) is 24.3 Å². The monoisotopic (exact) mass is 329 g/mol. The Hall–Kier alpha value is -3.09. The van der Waals surface area contributed by atoms with E-state index in [-0.39, 0.29) is 22.3 Å². The molecule has 0 unspecified atom stereocenters. The highest BCUT2D eigenvalue weighted by molar-refractivity contribution is 6.15. The molecule has 2 heterocycles. The van der Waals surface area contributed by atoms with Crippen LogP contribution in [0, 0.1) is 0 Å². The number of fused-ring (bicyclic) bond motifs is 2. The summed E-state index contributed by atoms with van der Waals surface area (Å²) < 4.78 is 39.2. The molecule has 0 amide bonds. The van der Waals surface area contributed by atoms with Crippen LogP contribution in [0.15, 0.2) is 48.7 Å². The Kier molecular flexibility index (Phi) is 2.99. The Balaban J connectivity index is 1.86. The number of imidazole rings is 1. The maximum Gasteiger partial charge on any atom is 0.418 e. The Morgan fingerprint density at radius 1 is 1.04 bits per heavy atom. The highest BCUT2D eigenvalue weighted by atomic mass is 19.4. The van der Waals surface area contributed by atoms with Gasteiger partial charge in [-0.3, -0.25) is 4.79 Å². The number of carbonyl (C=O) groups excluding carboxylic acids is 1. The molecule has 4 rings (SSSR count). The third-order valence-electron chi connectivity index (χ3n) is 3.87. The molecule has 0 fully saturated rings. The summed E-state index contributed by atoms with van der Waals surface area (Å²) in [6, 6.07) is 10.9. The molecular formula is C17H10F3N3O. The van der Waals surface area contributed by atoms with Gasteiger partial charge >= 0.3 is 6.18 Å². The van der Waals surface area contributed by atoms with Crippen molar-refractivity contribution in [2.45, 2.75) is 6.18 Å². The fourth-order valence-corrected chi connectivity index (χ4v) is 2.77. The normalized spacial score (nSPS) is 12.1. The van der Waals surface area contributed by atoms with Crippen molar-refractivity contribution in [1.29, 1.82) is 0 Å². The van der Waals surface area contributed by atoms with Crippen LogP contribution in [0.25, 0.3) is 21.9 Å². The van der Waals surface area contributed by atoms with Crippen LogP contribution in [0.4, 0.5) is 13.2 Å². The lowest BCUT2D eigenvalue weighted by Gasteiger charge is -2.07. The number of alkyl halides is 3. The molecule has 0 aliphatic rings. The number of aromatic nitrogens is 3. The molecule has 0 atom stereocenters. The van der Waals surface area contributed by atoms with E-state index >= 15 is 0 Å². The van der Waals surface area contributed by atoms with Crippen LogP contribution in [0.3, 0.4) is 0 Å². The number of ketones is 1. The van der Waals surface area contributed by atoms with Crippen LogP contribution in [-0.2, 0) is 6.18 Å². The van der Waals surface area contributed by atoms with Gasteiger partial charge in [-0.25, -0.2) is 4.98 Å². The van der Waals surface area contributed by atoms with Crippen LogP contribution in [-0.4, -0.2) is 20.7 Å². The van der Waals surface area contributed by atoms with E-state index in [9.17, 15) is 18.0 Å². The second-order valence-corrected chi connectivity index (χ2v) is 5.36. The Morgan fingerprint density at radius 2 is 1.83 bits per heavy atom. The van der Waals surface area contributed by atoms with Gasteiger partial charge in [0.1, 0.15) is 0 Å². The number of H-pyrrole nitrogens is 2. The quantitative estimate of drug-likeness (QED) is 0.539. The Bertz CT molecular complexity index is 1040. The van der Waals surface area contributed by atoms with Crippen molar-refractivity contribution in [2.24, 2.45) is 0 Å². The van der Waals surface area contributed by atoms with Crippen LogP contribution < -0.4 is 0 Å². The molecule has 0 saturated heterocycles. The highest BCUT2D eigenvalue weighted by Crippen LogP contribution is 2.35. The van der Waals surface area contributed by atoms with E-state index in [0.717, 1.165) is 6.07 Å². The minimum atomic E-state index is -4.50. The maximum atomic E-state index is 13.1. The number of nitrogens with one attached hydrogen (secondary N) is 2. The van der Waals surface area contributed by atoms with Gasteiger partial charge in [-0.2, -0.15) is 13.2 Å². The zero-order valence-electron chi connectivity index (χ0n) is 12.1. The first-order chi connectivity index (χ1) is 11.4. The highest BCUT2D eigenvalue weighted by Gasteiger charge is 2.33. The number of benzene rings is 2. The first-order valence-electron chi connectivity index (χ1n) is 7.12. The molecule has 24 heavy (non-hydrogen) atoms. The fourth-order valence-electron chi connectivity index (χ4n) is 2.77. The SMILES string of the molecule is O=C(c1nc2ccccc2[nH]1)c1c[nH]c2c(C(F)(F)F)cccc12. The van der Waals surface area contributed by atoms with Crippen molar-refractivity contribution in [3.63, 3.8) is 0 Å². The van der Waals surface area contributed by atoms with Gasteiger partial charge in [-0.15, -0.1) is 0 Å². The number of nitrogens with zero attached hydrogens (tertiary/aromatic N) is 1. The smallest absolute Gasteiger partial charge is 0.360 e. The first-order valence-corrected chi connectivity index (χ1v) is 7.12. The summed E-state index contributed by atoms with van der Waals surface area (Å²) in [6.07, 6.45) is -3.21. The fraction of sp³-hybridized carbons (Fsp3) is 0.0588. The molecule has 4 nitrogen and oxygen atoms in total. The van der Waals surface area contributed by atoms with E-state index in [1.807, 2.05) is 0 Å². The van der Waals surface area contributed by atoms with E-state index in [2.05, 4.69) is 15.0 Å². The van der Waals surface area contributed by atoms with E-state index in [1.165, 1.54) is 18.3 Å². The van der Waals surface area contributed by atoms with Crippen LogP contribution in [0.2, 0.25) is 0 Å². The molecule has 0 radical (unpaired) electrons. The van der Waals surface area contributed by atoms with Gasteiger partial charge < -0.3 is 9.97 Å². The number of hydrogen-bond donors (Lipinski definition) is 2. The zero-order valence-corrected chi connectivity index (χ0v) is 12.1. The lowest BCUT2D eigenvalue weighted by atomic mass is 10.1. The Labute approximate surface area is 133 Å². The molecule has 0 saturated carbocycles. The van der Waals surface area contributed by atoms with Gasteiger partial charge in [0.05, 0.1) is 27.7 Å². The number of carbonyl (C=O) groups is 1. The topological polar surface area (TPSA) is 61.5 Å². The summed E-state index contributed by atoms with van der Waals surface area (Å²) >= 11 is 0. The number of para-hydroxylation sites is 3. The lowest BCUT2D eigenvalue weighted by molar-refractivity contribution is -0.136. The average Bonchev–Trinajstić information content (AvgIpc) is 3.16. The summed E-state index contributed by atoms with van der Waals surface area (Å²) in [6.45, 7) is 0. The van der Waals surface area contributed by atoms with Crippen LogP contribution in [0.1, 0.15) is 21.7 Å². The molecule has 120 valence electrons. The second kappa shape index (κ2) is 4.95. The third-order valence-corrected chi connectivity index (χ3v) is 3.87. The van der Waals surface area contributed by atoms with Gasteiger partial charge in [0, 0.05) is 11.6 Å². The predicted molar refractivity (Wildman–Crippen MR) is 82.8 cm³/mol. The van der Waals surface area contributed by atoms with Crippen molar-refractivity contribution in [3.8, 4) is 0 Å². The minimum Gasteiger partial charge on any atom is -0.360 e. The molecule has 2 N–H and O–H groups in total. The summed E-state index contributed by atoms with van der Waals surface area (Å²) in [5.74, 6) is -0.369. The van der Waals surface area contributed by atoms with E-state index in [0.29, 0.717) is 11.0 Å². The molecule has 4 aromatic rings. The van der Waals surface area contributed by atoms with Gasteiger partial charge in [0.2, 0.25) is 5.78 Å². The minimum absolute atomic E-state index is 0.0921. The molecule has 7 heteroatoms. The molecule has 2 aromatic heterocycles. The standard InChI is InChI=1S/C17H10F3N3O/c18-17(19,20)11-5-3-4-9-10(8-21-14(9)11)15(24)16-22-12-6-1-2-7-13(12)23-16/h1-8,21H,(H,22,23). The van der Waals surface area contributed by atoms with Gasteiger partial charge in [-0.05, 0) is 18.2 Å². The second-order valence-electron chi connectivity index (χ2n) is 5.36. The van der Waals surface area contributed by atoms with E-state index in [1.54, 1.807) is 24.3 Å². The van der Waals surface area contributed by atoms with Crippen molar-refractivity contribution >= 4 is 27.7 Å². The third kappa shape index (κ3) is 2.17. The summed E-state index contributed by atoms with van der Waals surface area (Å²) in [5, 5.41) is 0.218. The van der Waals surface area contributed by atoms with E-state index < -0.39 is 17.5 Å². The molecule has 0 spiro atoms. The number of rotatable bonds is 2. The molecular weight excluding hydrogens is 319 g/mol. The predicted octanol–water partition coefficient (Wildman–Crippen LogP) is 4.29. The zero-order chi connectivity index (χ0) is 16.9. The Morgan fingerprint density at radius 3 is 2.58 bits per heavy atom. The van der Waals surface area contributed by atoms with Crippen LogP contribution >= 0.6 is 0 Å². The summed E-state index contributed by atoms with van der Waals surface area (Å²) in [7, 11) is 0. The summed E-state index contributed by atoms with van der Waals surface area (Å²) in [5.41, 5.74) is 0.552. The van der Waals surface area contributed by atoms with Crippen molar-refractivity contribution in [1.82, 2.24) is 15.0 Å². The van der Waals surface area contributed by atoms with Crippen molar-refractivity contribution < 1.29 is 18.0 Å². The number of aromatic amines is 2. The molecule has 0 bridgehead atoms. The molecule has 0 aliphatic heterocycles. The number of hydrogen-bond acceptors (Lipinski definition) is 2. The average molecular weight is 329 g/mol.